The number of hydrogen-bond acceptors (Lipinski definition) is 6. The molecule has 3 aromatic rings. The van der Waals surface area contributed by atoms with Crippen LogP contribution in [0.2, 0.25) is 0 Å². The number of hydrogen-bond donors (Lipinski definition) is 0. The number of carbonyl (C=O) groups is 1. The van der Waals surface area contributed by atoms with Gasteiger partial charge in [0, 0.05) is 31.7 Å². The van der Waals surface area contributed by atoms with Crippen LogP contribution < -0.4 is 0 Å². The number of carbonyl (C=O) groups excluding carboxylic acids is 1. The Bertz CT molecular complexity index is 1320. The van der Waals surface area contributed by atoms with Crippen molar-refractivity contribution in [2.75, 3.05) is 26.3 Å². The molecule has 0 spiro atoms. The molecule has 0 N–H and O–H groups in total. The fourth-order valence-electron chi connectivity index (χ4n) is 6.17. The van der Waals surface area contributed by atoms with Gasteiger partial charge in [-0.1, -0.05) is 18.2 Å². The highest BCUT2D eigenvalue weighted by molar-refractivity contribution is 5.98. The van der Waals surface area contributed by atoms with Gasteiger partial charge in [-0.15, -0.1) is 0 Å². The lowest BCUT2D eigenvalue weighted by molar-refractivity contribution is 0.00493. The minimum Gasteiger partial charge on any atom is -0.379 e. The molecule has 0 unspecified atom stereocenters. The van der Waals surface area contributed by atoms with Crippen molar-refractivity contribution in [1.29, 1.82) is 5.26 Å². The molecule has 1 aromatic carbocycles. The molecule has 2 aliphatic carbocycles. The van der Waals surface area contributed by atoms with Crippen LogP contribution in [0.5, 0.6) is 0 Å². The van der Waals surface area contributed by atoms with E-state index in [9.17, 15) is 10.1 Å². The van der Waals surface area contributed by atoms with Gasteiger partial charge in [-0.2, -0.15) is 10.4 Å². The van der Waals surface area contributed by atoms with Crippen LogP contribution in [0.3, 0.4) is 0 Å². The van der Waals surface area contributed by atoms with E-state index in [-0.39, 0.29) is 12.2 Å². The first-order valence-electron chi connectivity index (χ1n) is 13.9. The van der Waals surface area contributed by atoms with Crippen LogP contribution in [-0.4, -0.2) is 57.8 Å². The zero-order valence-electron chi connectivity index (χ0n) is 22.1. The van der Waals surface area contributed by atoms with Crippen LogP contribution in [0.4, 0.5) is 0 Å². The number of rotatable bonds is 7. The van der Waals surface area contributed by atoms with Crippen molar-refractivity contribution in [3.63, 3.8) is 0 Å². The van der Waals surface area contributed by atoms with Crippen LogP contribution in [0.15, 0.2) is 48.8 Å². The van der Waals surface area contributed by atoms with E-state index in [0.29, 0.717) is 17.5 Å². The molecule has 38 heavy (non-hydrogen) atoms. The summed E-state index contributed by atoms with van der Waals surface area (Å²) in [4.78, 5) is 20.4. The first-order valence-corrected chi connectivity index (χ1v) is 13.9. The number of ketones is 1. The predicted molar refractivity (Wildman–Crippen MR) is 144 cm³/mol. The van der Waals surface area contributed by atoms with Crippen LogP contribution in [0.1, 0.15) is 77.3 Å². The lowest BCUT2D eigenvalue weighted by Crippen LogP contribution is -2.47. The number of nitrogens with zero attached hydrogens (tertiary/aromatic N) is 5. The van der Waals surface area contributed by atoms with Crippen LogP contribution in [0, 0.1) is 18.3 Å². The van der Waals surface area contributed by atoms with E-state index >= 15 is 0 Å². The molecule has 0 atom stereocenters. The summed E-state index contributed by atoms with van der Waals surface area (Å²) < 4.78 is 7.34. The Labute approximate surface area is 224 Å². The molecular weight excluding hydrogens is 474 g/mol. The average molecular weight is 510 g/mol. The Kier molecular flexibility index (Phi) is 6.86. The van der Waals surface area contributed by atoms with Gasteiger partial charge in [0.2, 0.25) is 0 Å². The van der Waals surface area contributed by atoms with Crippen molar-refractivity contribution in [2.24, 2.45) is 0 Å². The van der Waals surface area contributed by atoms with Gasteiger partial charge >= 0.3 is 0 Å². The van der Waals surface area contributed by atoms with E-state index in [1.165, 1.54) is 18.4 Å². The number of nitriles is 1. The minimum atomic E-state index is -0.544. The van der Waals surface area contributed by atoms with Gasteiger partial charge in [0.05, 0.1) is 53.5 Å². The first-order chi connectivity index (χ1) is 18.6. The second-order valence-corrected chi connectivity index (χ2v) is 11.1. The quantitative estimate of drug-likeness (QED) is 0.421. The molecule has 7 nitrogen and oxygen atoms in total. The van der Waals surface area contributed by atoms with E-state index in [1.807, 2.05) is 23.7 Å². The van der Waals surface area contributed by atoms with Gasteiger partial charge in [-0.3, -0.25) is 14.7 Å². The van der Waals surface area contributed by atoms with E-state index < -0.39 is 5.41 Å². The molecule has 3 aliphatic rings. The number of pyridine rings is 1. The third-order valence-corrected chi connectivity index (χ3v) is 8.76. The van der Waals surface area contributed by atoms with Crippen molar-refractivity contribution < 1.29 is 9.53 Å². The summed E-state index contributed by atoms with van der Waals surface area (Å²) in [5.41, 5.74) is 4.98. The van der Waals surface area contributed by atoms with Gasteiger partial charge in [-0.05, 0) is 80.7 Å². The lowest BCUT2D eigenvalue weighted by Gasteiger charge is -2.41. The van der Waals surface area contributed by atoms with Crippen molar-refractivity contribution in [2.45, 2.75) is 69.2 Å². The van der Waals surface area contributed by atoms with Crippen LogP contribution in [0.25, 0.3) is 5.69 Å². The smallest absolute Gasteiger partial charge is 0.170 e. The minimum absolute atomic E-state index is 0.0268. The number of aromatic nitrogens is 3. The van der Waals surface area contributed by atoms with Crippen molar-refractivity contribution in [1.82, 2.24) is 19.7 Å². The standard InChI is InChI=1S/C31H35N5O2/c1-22-28(20-34-36(22)27-7-5-25(6-8-27)24-3-4-24)29(37)18-23-2-9-30(33-19-23)31(21-32)12-10-26(11-13-31)35-14-16-38-17-15-35/h2,5-9,19-20,24,26H,3-4,10-18H2,1H3. The molecule has 6 rings (SSSR count). The maximum Gasteiger partial charge on any atom is 0.170 e. The predicted octanol–water partition coefficient (Wildman–Crippen LogP) is 4.91. The Hall–Kier alpha value is -3.34. The summed E-state index contributed by atoms with van der Waals surface area (Å²) in [6, 6.07) is 15.6. The summed E-state index contributed by atoms with van der Waals surface area (Å²) in [7, 11) is 0. The number of benzene rings is 1. The summed E-state index contributed by atoms with van der Waals surface area (Å²) >= 11 is 0. The van der Waals surface area contributed by atoms with Gasteiger partial charge in [-0.25, -0.2) is 4.68 Å². The Balaban J connectivity index is 1.10. The highest BCUT2D eigenvalue weighted by Crippen LogP contribution is 2.41. The van der Waals surface area contributed by atoms with Crippen molar-refractivity contribution >= 4 is 5.78 Å². The Morgan fingerprint density at radius 3 is 2.42 bits per heavy atom. The largest absolute Gasteiger partial charge is 0.379 e. The average Bonchev–Trinajstić information content (AvgIpc) is 3.75. The topological polar surface area (TPSA) is 84.0 Å². The second-order valence-electron chi connectivity index (χ2n) is 11.1. The van der Waals surface area contributed by atoms with Gasteiger partial charge in [0.25, 0.3) is 0 Å². The van der Waals surface area contributed by atoms with E-state index in [4.69, 9.17) is 9.72 Å². The molecule has 196 valence electrons. The zero-order chi connectivity index (χ0) is 26.1. The molecule has 0 radical (unpaired) electrons. The molecule has 1 saturated heterocycles. The number of ether oxygens (including phenoxy) is 1. The van der Waals surface area contributed by atoms with Gasteiger partial charge in [0.15, 0.2) is 5.78 Å². The van der Waals surface area contributed by atoms with Gasteiger partial charge < -0.3 is 4.74 Å². The molecule has 2 aromatic heterocycles. The number of morpholine rings is 1. The van der Waals surface area contributed by atoms with Crippen molar-refractivity contribution in [3.8, 4) is 11.8 Å². The summed E-state index contributed by atoms with van der Waals surface area (Å²) in [5.74, 6) is 0.743. The fraction of sp³-hybridized carbons (Fsp3) is 0.484. The van der Waals surface area contributed by atoms with Crippen molar-refractivity contribution in [3.05, 3.63) is 76.9 Å². The Morgan fingerprint density at radius 1 is 1.05 bits per heavy atom. The monoisotopic (exact) mass is 509 g/mol. The molecule has 3 heterocycles. The van der Waals surface area contributed by atoms with E-state index in [1.54, 1.807) is 12.4 Å². The highest BCUT2D eigenvalue weighted by atomic mass is 16.5. The third-order valence-electron chi connectivity index (χ3n) is 8.76. The molecule has 0 amide bonds. The molecule has 7 heteroatoms. The van der Waals surface area contributed by atoms with Crippen LogP contribution in [-0.2, 0) is 16.6 Å². The second kappa shape index (κ2) is 10.4. The summed E-state index contributed by atoms with van der Waals surface area (Å²) in [5, 5.41) is 14.6. The molecule has 2 saturated carbocycles. The third kappa shape index (κ3) is 4.91. The highest BCUT2D eigenvalue weighted by Gasteiger charge is 2.40. The van der Waals surface area contributed by atoms with Gasteiger partial charge in [0.1, 0.15) is 0 Å². The molecular formula is C31H35N5O2. The summed E-state index contributed by atoms with van der Waals surface area (Å²) in [6.45, 7) is 5.51. The maximum atomic E-state index is 13.2. The summed E-state index contributed by atoms with van der Waals surface area (Å²) in [6.07, 6.45) is 9.91. The first kappa shape index (κ1) is 25.0. The lowest BCUT2D eigenvalue weighted by atomic mass is 9.71. The van der Waals surface area contributed by atoms with E-state index in [2.05, 4.69) is 40.3 Å². The molecule has 0 bridgehead atoms. The maximum absolute atomic E-state index is 13.2. The normalized spacial score (nSPS) is 24.2. The zero-order valence-corrected chi connectivity index (χ0v) is 22.1. The molecule has 1 aliphatic heterocycles. The number of Topliss-reactive ketones (excluding diaryl/α,β-unsaturated/α-hetero) is 1. The SMILES string of the molecule is Cc1c(C(=O)Cc2ccc(C3(C#N)CCC(N4CCOCC4)CC3)nc2)cnn1-c1ccc(C2CC2)cc1. The Morgan fingerprint density at radius 2 is 1.79 bits per heavy atom. The van der Waals surface area contributed by atoms with Crippen LogP contribution >= 0.6 is 0 Å². The molecule has 3 fully saturated rings. The van der Waals surface area contributed by atoms with E-state index in [0.717, 1.165) is 74.6 Å². The fourth-order valence-corrected chi connectivity index (χ4v) is 6.17.